The highest BCUT2D eigenvalue weighted by atomic mass is 16.6. The standard InChI is InChI=1S/C17H25NO2/c18-10-9-17(6-1-2-7-17)8-5-14-3-4-15-16(13-14)20-12-11-19-15/h3-4,13H,1-2,5-12,18H2. The molecule has 0 spiro atoms. The van der Waals surface area contributed by atoms with E-state index in [1.54, 1.807) is 0 Å². The topological polar surface area (TPSA) is 44.5 Å². The van der Waals surface area contributed by atoms with Gasteiger partial charge < -0.3 is 15.2 Å². The lowest BCUT2D eigenvalue weighted by Gasteiger charge is -2.28. The fraction of sp³-hybridized carbons (Fsp3) is 0.647. The molecule has 0 aromatic heterocycles. The van der Waals surface area contributed by atoms with Gasteiger partial charge in [0, 0.05) is 0 Å². The summed E-state index contributed by atoms with van der Waals surface area (Å²) < 4.78 is 11.2. The van der Waals surface area contributed by atoms with Crippen LogP contribution in [0.1, 0.15) is 44.1 Å². The third-order valence-electron chi connectivity index (χ3n) is 4.89. The molecule has 0 unspecified atom stereocenters. The maximum atomic E-state index is 5.82. The lowest BCUT2D eigenvalue weighted by Crippen LogP contribution is -2.22. The highest BCUT2D eigenvalue weighted by molar-refractivity contribution is 5.43. The van der Waals surface area contributed by atoms with E-state index >= 15 is 0 Å². The monoisotopic (exact) mass is 275 g/mol. The summed E-state index contributed by atoms with van der Waals surface area (Å²) in [6.07, 6.45) is 9.02. The summed E-state index contributed by atoms with van der Waals surface area (Å²) in [6.45, 7) is 2.14. The first kappa shape index (κ1) is 13.7. The molecule has 0 amide bonds. The number of aryl methyl sites for hydroxylation is 1. The van der Waals surface area contributed by atoms with Gasteiger partial charge in [0.15, 0.2) is 11.5 Å². The van der Waals surface area contributed by atoms with E-state index in [1.807, 2.05) is 6.07 Å². The SMILES string of the molecule is NCCC1(CCc2ccc3c(c2)OCCO3)CCCC1. The fourth-order valence-electron chi connectivity index (χ4n) is 3.71. The van der Waals surface area contributed by atoms with Crippen LogP contribution in [0.5, 0.6) is 11.5 Å². The van der Waals surface area contributed by atoms with Crippen molar-refractivity contribution in [3.8, 4) is 11.5 Å². The minimum absolute atomic E-state index is 0.502. The second-order valence-electron chi connectivity index (χ2n) is 6.22. The molecule has 1 fully saturated rings. The second kappa shape index (κ2) is 6.04. The molecule has 1 aromatic rings. The maximum absolute atomic E-state index is 5.82. The van der Waals surface area contributed by atoms with Gasteiger partial charge in [-0.15, -0.1) is 0 Å². The molecule has 20 heavy (non-hydrogen) atoms. The molecule has 2 N–H and O–H groups in total. The Labute approximate surface area is 121 Å². The Morgan fingerprint density at radius 2 is 1.75 bits per heavy atom. The molecule has 3 rings (SSSR count). The van der Waals surface area contributed by atoms with Gasteiger partial charge in [-0.2, -0.15) is 0 Å². The van der Waals surface area contributed by atoms with Gasteiger partial charge in [0.05, 0.1) is 0 Å². The van der Waals surface area contributed by atoms with Crippen molar-refractivity contribution in [3.05, 3.63) is 23.8 Å². The first-order valence-electron chi connectivity index (χ1n) is 7.90. The third kappa shape index (κ3) is 2.93. The second-order valence-corrected chi connectivity index (χ2v) is 6.22. The van der Waals surface area contributed by atoms with Crippen LogP contribution in [0.15, 0.2) is 18.2 Å². The van der Waals surface area contributed by atoms with E-state index in [4.69, 9.17) is 15.2 Å². The Bertz CT molecular complexity index is 452. The molecule has 0 radical (unpaired) electrons. The van der Waals surface area contributed by atoms with Crippen molar-refractivity contribution in [1.29, 1.82) is 0 Å². The normalized spacial score (nSPS) is 20.1. The Morgan fingerprint density at radius 1 is 1.00 bits per heavy atom. The summed E-state index contributed by atoms with van der Waals surface area (Å²) in [5.74, 6) is 1.80. The highest BCUT2D eigenvalue weighted by Crippen LogP contribution is 2.44. The number of ether oxygens (including phenoxy) is 2. The minimum Gasteiger partial charge on any atom is -0.486 e. The number of fused-ring (bicyclic) bond motifs is 1. The molecule has 3 nitrogen and oxygen atoms in total. The van der Waals surface area contributed by atoms with Crippen LogP contribution in [0.3, 0.4) is 0 Å². The molecule has 3 heteroatoms. The van der Waals surface area contributed by atoms with Crippen LogP contribution in [0.25, 0.3) is 0 Å². The van der Waals surface area contributed by atoms with Crippen LogP contribution in [0, 0.1) is 5.41 Å². The summed E-state index contributed by atoms with van der Waals surface area (Å²) in [4.78, 5) is 0. The van der Waals surface area contributed by atoms with Crippen LogP contribution in [0.4, 0.5) is 0 Å². The molecular weight excluding hydrogens is 250 g/mol. The van der Waals surface area contributed by atoms with Crippen molar-refractivity contribution >= 4 is 0 Å². The van der Waals surface area contributed by atoms with Crippen LogP contribution >= 0.6 is 0 Å². The van der Waals surface area contributed by atoms with E-state index in [-0.39, 0.29) is 0 Å². The first-order valence-corrected chi connectivity index (χ1v) is 7.90. The van der Waals surface area contributed by atoms with Gasteiger partial charge in [0.2, 0.25) is 0 Å². The molecule has 0 saturated heterocycles. The number of hydrogen-bond acceptors (Lipinski definition) is 3. The van der Waals surface area contributed by atoms with E-state index in [0.717, 1.165) is 24.5 Å². The third-order valence-corrected chi connectivity index (χ3v) is 4.89. The quantitative estimate of drug-likeness (QED) is 0.896. The molecule has 1 aromatic carbocycles. The average molecular weight is 275 g/mol. The minimum atomic E-state index is 0.502. The average Bonchev–Trinajstić information content (AvgIpc) is 2.94. The highest BCUT2D eigenvalue weighted by Gasteiger charge is 2.32. The van der Waals surface area contributed by atoms with E-state index < -0.39 is 0 Å². The van der Waals surface area contributed by atoms with Crippen molar-refractivity contribution in [2.24, 2.45) is 11.1 Å². The lowest BCUT2D eigenvalue weighted by molar-refractivity contribution is 0.171. The summed E-state index contributed by atoms with van der Waals surface area (Å²) in [7, 11) is 0. The maximum Gasteiger partial charge on any atom is 0.161 e. The molecule has 1 aliphatic carbocycles. The van der Waals surface area contributed by atoms with E-state index in [9.17, 15) is 0 Å². The number of rotatable bonds is 5. The molecule has 1 heterocycles. The van der Waals surface area contributed by atoms with Gasteiger partial charge in [-0.05, 0) is 61.8 Å². The Hall–Kier alpha value is -1.22. The van der Waals surface area contributed by atoms with Crippen LogP contribution < -0.4 is 15.2 Å². The number of benzene rings is 1. The molecule has 110 valence electrons. The summed E-state index contributed by atoms with van der Waals surface area (Å²) in [6, 6.07) is 6.38. The van der Waals surface area contributed by atoms with E-state index in [2.05, 4.69) is 12.1 Å². The predicted octanol–water partition coefficient (Wildman–Crippen LogP) is 3.30. The van der Waals surface area contributed by atoms with Gasteiger partial charge in [-0.3, -0.25) is 0 Å². The largest absolute Gasteiger partial charge is 0.486 e. The van der Waals surface area contributed by atoms with Crippen molar-refractivity contribution in [2.75, 3.05) is 19.8 Å². The zero-order valence-electron chi connectivity index (χ0n) is 12.2. The number of nitrogens with two attached hydrogens (primary N) is 1. The van der Waals surface area contributed by atoms with Gasteiger partial charge in [0.25, 0.3) is 0 Å². The zero-order valence-corrected chi connectivity index (χ0v) is 12.2. The van der Waals surface area contributed by atoms with Crippen molar-refractivity contribution in [2.45, 2.75) is 44.9 Å². The van der Waals surface area contributed by atoms with Crippen molar-refractivity contribution in [3.63, 3.8) is 0 Å². The van der Waals surface area contributed by atoms with Gasteiger partial charge in [0.1, 0.15) is 13.2 Å². The molecule has 1 aliphatic heterocycles. The molecule has 0 bridgehead atoms. The first-order chi connectivity index (χ1) is 9.81. The van der Waals surface area contributed by atoms with Crippen molar-refractivity contribution < 1.29 is 9.47 Å². The molecule has 2 aliphatic rings. The summed E-state index contributed by atoms with van der Waals surface area (Å²) >= 11 is 0. The van der Waals surface area contributed by atoms with Gasteiger partial charge in [-0.1, -0.05) is 18.9 Å². The Balaban J connectivity index is 1.65. The Kier molecular flexibility index (Phi) is 4.16. The van der Waals surface area contributed by atoms with Crippen LogP contribution in [0.2, 0.25) is 0 Å². The number of hydrogen-bond donors (Lipinski definition) is 1. The predicted molar refractivity (Wildman–Crippen MR) is 80.3 cm³/mol. The summed E-state index contributed by atoms with van der Waals surface area (Å²) in [5.41, 5.74) is 7.68. The van der Waals surface area contributed by atoms with Gasteiger partial charge in [-0.25, -0.2) is 0 Å². The Morgan fingerprint density at radius 3 is 2.50 bits per heavy atom. The van der Waals surface area contributed by atoms with Crippen LogP contribution in [-0.2, 0) is 6.42 Å². The van der Waals surface area contributed by atoms with E-state index in [1.165, 1.54) is 44.1 Å². The molecule has 0 atom stereocenters. The zero-order chi connectivity index (χ0) is 13.8. The van der Waals surface area contributed by atoms with Crippen molar-refractivity contribution in [1.82, 2.24) is 0 Å². The summed E-state index contributed by atoms with van der Waals surface area (Å²) in [5, 5.41) is 0. The smallest absolute Gasteiger partial charge is 0.161 e. The van der Waals surface area contributed by atoms with Crippen LogP contribution in [-0.4, -0.2) is 19.8 Å². The fourth-order valence-corrected chi connectivity index (χ4v) is 3.71. The van der Waals surface area contributed by atoms with E-state index in [0.29, 0.717) is 18.6 Å². The molecular formula is C17H25NO2. The molecule has 1 saturated carbocycles. The lowest BCUT2D eigenvalue weighted by atomic mass is 9.77. The van der Waals surface area contributed by atoms with Gasteiger partial charge >= 0.3 is 0 Å².